The standard InChI is InChI=1S/C18H30N2O4/c1-24-13-17(7-3-2-4-8-17)11-19-16(23)20-10-14-6-5-9-18(14,12-20)15(21)22/h14H,2-13H2,1H3,(H,19,23)(H,21,22)/t14-,18+/m0/s1. The maximum Gasteiger partial charge on any atom is 0.317 e. The normalized spacial score (nSPS) is 31.7. The number of ether oxygens (including phenoxy) is 1. The first-order valence-corrected chi connectivity index (χ1v) is 9.26. The molecule has 24 heavy (non-hydrogen) atoms. The van der Waals surface area contributed by atoms with Gasteiger partial charge in [-0.05, 0) is 31.6 Å². The number of methoxy groups -OCH3 is 1. The van der Waals surface area contributed by atoms with Crippen molar-refractivity contribution in [2.24, 2.45) is 16.7 Å². The lowest BCUT2D eigenvalue weighted by molar-refractivity contribution is -0.149. The van der Waals surface area contributed by atoms with Gasteiger partial charge in [-0.3, -0.25) is 4.79 Å². The van der Waals surface area contributed by atoms with Crippen molar-refractivity contribution in [1.29, 1.82) is 0 Å². The van der Waals surface area contributed by atoms with Gasteiger partial charge in [-0.25, -0.2) is 4.79 Å². The minimum absolute atomic E-state index is 0.0444. The summed E-state index contributed by atoms with van der Waals surface area (Å²) < 4.78 is 5.41. The first-order valence-electron chi connectivity index (χ1n) is 9.26. The Morgan fingerprint density at radius 1 is 1.21 bits per heavy atom. The second-order valence-corrected chi connectivity index (χ2v) is 8.08. The summed E-state index contributed by atoms with van der Waals surface area (Å²) >= 11 is 0. The summed E-state index contributed by atoms with van der Waals surface area (Å²) in [5.74, 6) is -0.619. The molecule has 0 bridgehead atoms. The van der Waals surface area contributed by atoms with E-state index in [4.69, 9.17) is 4.74 Å². The number of urea groups is 1. The van der Waals surface area contributed by atoms with Gasteiger partial charge in [0.1, 0.15) is 0 Å². The van der Waals surface area contributed by atoms with Gasteiger partial charge < -0.3 is 20.1 Å². The first kappa shape index (κ1) is 17.5. The van der Waals surface area contributed by atoms with Gasteiger partial charge in [0, 0.05) is 32.2 Å². The predicted octanol–water partition coefficient (Wildman–Crippen LogP) is 2.48. The minimum Gasteiger partial charge on any atom is -0.481 e. The molecule has 2 aliphatic carbocycles. The molecule has 2 saturated carbocycles. The van der Waals surface area contributed by atoms with Crippen LogP contribution in [0.2, 0.25) is 0 Å². The summed E-state index contributed by atoms with van der Waals surface area (Å²) in [7, 11) is 1.72. The minimum atomic E-state index is -0.733. The number of amides is 2. The van der Waals surface area contributed by atoms with Crippen LogP contribution < -0.4 is 5.32 Å². The van der Waals surface area contributed by atoms with E-state index < -0.39 is 11.4 Å². The Morgan fingerprint density at radius 2 is 1.96 bits per heavy atom. The van der Waals surface area contributed by atoms with Crippen molar-refractivity contribution in [3.8, 4) is 0 Å². The van der Waals surface area contributed by atoms with Crippen LogP contribution in [-0.2, 0) is 9.53 Å². The molecule has 2 N–H and O–H groups in total. The summed E-state index contributed by atoms with van der Waals surface area (Å²) in [6, 6.07) is -0.105. The summed E-state index contributed by atoms with van der Waals surface area (Å²) in [4.78, 5) is 26.1. The first-order chi connectivity index (χ1) is 11.5. The number of carboxylic acid groups (broad SMARTS) is 1. The van der Waals surface area contributed by atoms with Crippen molar-refractivity contribution in [1.82, 2.24) is 10.2 Å². The molecule has 0 aromatic heterocycles. The van der Waals surface area contributed by atoms with Crippen LogP contribution in [0.3, 0.4) is 0 Å². The Kier molecular flexibility index (Phi) is 5.04. The maximum absolute atomic E-state index is 12.6. The van der Waals surface area contributed by atoms with Gasteiger partial charge in [0.05, 0.1) is 12.0 Å². The van der Waals surface area contributed by atoms with Crippen molar-refractivity contribution in [3.05, 3.63) is 0 Å². The van der Waals surface area contributed by atoms with E-state index in [0.29, 0.717) is 32.7 Å². The fourth-order valence-corrected chi connectivity index (χ4v) is 5.15. The number of likely N-dealkylation sites (tertiary alicyclic amines) is 1. The van der Waals surface area contributed by atoms with Gasteiger partial charge in [-0.1, -0.05) is 25.7 Å². The molecule has 3 aliphatic rings. The lowest BCUT2D eigenvalue weighted by atomic mass is 9.74. The second-order valence-electron chi connectivity index (χ2n) is 8.08. The van der Waals surface area contributed by atoms with Crippen LogP contribution in [-0.4, -0.2) is 55.4 Å². The highest BCUT2D eigenvalue weighted by atomic mass is 16.5. The molecule has 1 saturated heterocycles. The molecular formula is C18H30N2O4. The van der Waals surface area contributed by atoms with E-state index in [9.17, 15) is 14.7 Å². The monoisotopic (exact) mass is 338 g/mol. The van der Waals surface area contributed by atoms with Crippen molar-refractivity contribution < 1.29 is 19.4 Å². The van der Waals surface area contributed by atoms with Crippen molar-refractivity contribution in [3.63, 3.8) is 0 Å². The van der Waals surface area contributed by atoms with E-state index >= 15 is 0 Å². The Hall–Kier alpha value is -1.30. The molecule has 1 heterocycles. The largest absolute Gasteiger partial charge is 0.481 e. The van der Waals surface area contributed by atoms with E-state index in [1.807, 2.05) is 0 Å². The Bertz CT molecular complexity index is 484. The summed E-state index contributed by atoms with van der Waals surface area (Å²) in [6.45, 7) is 2.24. The number of aliphatic carboxylic acids is 1. The molecule has 6 heteroatoms. The zero-order valence-electron chi connectivity index (χ0n) is 14.7. The molecule has 136 valence electrons. The number of carbonyl (C=O) groups excluding carboxylic acids is 1. The molecule has 0 aromatic carbocycles. The van der Waals surface area contributed by atoms with Crippen LogP contribution in [0.15, 0.2) is 0 Å². The lowest BCUT2D eigenvalue weighted by Gasteiger charge is -2.37. The van der Waals surface area contributed by atoms with Crippen molar-refractivity contribution >= 4 is 12.0 Å². The van der Waals surface area contributed by atoms with Crippen LogP contribution in [0.1, 0.15) is 51.4 Å². The van der Waals surface area contributed by atoms with Crippen LogP contribution in [0, 0.1) is 16.7 Å². The van der Waals surface area contributed by atoms with E-state index in [2.05, 4.69) is 5.32 Å². The van der Waals surface area contributed by atoms with E-state index in [1.54, 1.807) is 12.0 Å². The Balaban J connectivity index is 1.58. The van der Waals surface area contributed by atoms with E-state index in [1.165, 1.54) is 19.3 Å². The average Bonchev–Trinajstić information content (AvgIpc) is 3.12. The van der Waals surface area contributed by atoms with E-state index in [0.717, 1.165) is 25.7 Å². The predicted molar refractivity (Wildman–Crippen MR) is 89.8 cm³/mol. The molecule has 3 rings (SSSR count). The molecule has 6 nitrogen and oxygen atoms in total. The number of carbonyl (C=O) groups is 2. The fraction of sp³-hybridized carbons (Fsp3) is 0.889. The average molecular weight is 338 g/mol. The zero-order chi connectivity index (χ0) is 17.2. The molecule has 0 radical (unpaired) electrons. The summed E-state index contributed by atoms with van der Waals surface area (Å²) in [6.07, 6.45) is 8.39. The number of fused-ring (bicyclic) bond motifs is 1. The smallest absolute Gasteiger partial charge is 0.317 e. The van der Waals surface area contributed by atoms with Gasteiger partial charge in [-0.15, -0.1) is 0 Å². The van der Waals surface area contributed by atoms with Gasteiger partial charge in [0.15, 0.2) is 0 Å². The topological polar surface area (TPSA) is 78.9 Å². The molecular weight excluding hydrogens is 308 g/mol. The highest BCUT2D eigenvalue weighted by molar-refractivity contribution is 5.80. The third-order valence-corrected chi connectivity index (χ3v) is 6.56. The van der Waals surface area contributed by atoms with E-state index in [-0.39, 0.29) is 17.4 Å². The van der Waals surface area contributed by atoms with Gasteiger partial charge >= 0.3 is 12.0 Å². The number of carboxylic acids is 1. The number of rotatable bonds is 5. The summed E-state index contributed by atoms with van der Waals surface area (Å²) in [5.41, 5.74) is -0.658. The highest BCUT2D eigenvalue weighted by Gasteiger charge is 2.55. The van der Waals surface area contributed by atoms with Gasteiger partial charge in [0.2, 0.25) is 0 Å². The number of hydrogen-bond acceptors (Lipinski definition) is 3. The number of nitrogens with zero attached hydrogens (tertiary/aromatic N) is 1. The van der Waals surface area contributed by atoms with Crippen LogP contribution in [0.5, 0.6) is 0 Å². The number of nitrogens with one attached hydrogen (secondary N) is 1. The maximum atomic E-state index is 12.6. The molecule has 2 atom stereocenters. The molecule has 3 fully saturated rings. The van der Waals surface area contributed by atoms with Crippen molar-refractivity contribution in [2.45, 2.75) is 51.4 Å². The Morgan fingerprint density at radius 3 is 2.58 bits per heavy atom. The molecule has 2 amide bonds. The van der Waals surface area contributed by atoms with Crippen LogP contribution in [0.4, 0.5) is 4.79 Å². The highest BCUT2D eigenvalue weighted by Crippen LogP contribution is 2.48. The summed E-state index contributed by atoms with van der Waals surface area (Å²) in [5, 5.41) is 12.7. The van der Waals surface area contributed by atoms with Gasteiger partial charge in [0.25, 0.3) is 0 Å². The lowest BCUT2D eigenvalue weighted by Crippen LogP contribution is -2.47. The number of hydrogen-bond donors (Lipinski definition) is 2. The fourth-order valence-electron chi connectivity index (χ4n) is 5.15. The van der Waals surface area contributed by atoms with Gasteiger partial charge in [-0.2, -0.15) is 0 Å². The molecule has 0 spiro atoms. The molecule has 0 unspecified atom stereocenters. The van der Waals surface area contributed by atoms with Crippen molar-refractivity contribution in [2.75, 3.05) is 33.4 Å². The van der Waals surface area contributed by atoms with Crippen LogP contribution >= 0.6 is 0 Å². The third kappa shape index (κ3) is 3.13. The third-order valence-electron chi connectivity index (χ3n) is 6.56. The second kappa shape index (κ2) is 6.90. The SMILES string of the molecule is COCC1(CNC(=O)N2C[C@@H]3CCC[C@@]3(C(=O)O)C2)CCCCC1. The zero-order valence-corrected chi connectivity index (χ0v) is 14.7. The van der Waals surface area contributed by atoms with Crippen LogP contribution in [0.25, 0.3) is 0 Å². The molecule has 0 aromatic rings. The quantitative estimate of drug-likeness (QED) is 0.807. The Labute approximate surface area is 143 Å². The molecule has 1 aliphatic heterocycles.